The quantitative estimate of drug-likeness (QED) is 0.908. The Morgan fingerprint density at radius 3 is 2.81 bits per heavy atom. The lowest BCUT2D eigenvalue weighted by Crippen LogP contribution is -2.20. The van der Waals surface area contributed by atoms with Crippen molar-refractivity contribution in [3.63, 3.8) is 0 Å². The molecule has 0 aliphatic rings. The Hall–Kier alpha value is -2.52. The van der Waals surface area contributed by atoms with Gasteiger partial charge in [0.15, 0.2) is 0 Å². The maximum Gasteiger partial charge on any atom is 0.246 e. The number of amides is 1. The summed E-state index contributed by atoms with van der Waals surface area (Å²) in [4.78, 5) is 12.0. The molecule has 2 aromatic rings. The van der Waals surface area contributed by atoms with E-state index in [9.17, 15) is 4.79 Å². The molecule has 108 valence electrons. The number of nitrogens with zero attached hydrogens (tertiary/aromatic N) is 3. The molecule has 21 heavy (non-hydrogen) atoms. The maximum absolute atomic E-state index is 12.0. The van der Waals surface area contributed by atoms with Crippen molar-refractivity contribution >= 4 is 28.9 Å². The number of anilines is 2. The molecule has 0 fully saturated rings. The number of hydrogen-bond donors (Lipinski definition) is 2. The minimum atomic E-state index is -0.258. The molecule has 0 aliphatic carbocycles. The Kier molecular flexibility index (Phi) is 4.15. The van der Waals surface area contributed by atoms with E-state index in [1.807, 2.05) is 6.07 Å². The molecule has 1 aromatic carbocycles. The molecule has 2 rings (SSSR count). The molecule has 0 bridgehead atoms. The number of nitriles is 1. The molecule has 6 nitrogen and oxygen atoms in total. The van der Waals surface area contributed by atoms with Crippen LogP contribution in [0.3, 0.4) is 0 Å². The van der Waals surface area contributed by atoms with Crippen molar-refractivity contribution in [2.24, 2.45) is 0 Å². The SMILES string of the molecule is Cc1nn(CC(=O)Nc2ccc(Cl)c(C#N)c2)c(C)c1N. The lowest BCUT2D eigenvalue weighted by molar-refractivity contribution is -0.116. The fraction of sp³-hybridized carbons (Fsp3) is 0.214. The van der Waals surface area contributed by atoms with Crippen LogP contribution in [0, 0.1) is 25.2 Å². The highest BCUT2D eigenvalue weighted by Crippen LogP contribution is 2.20. The first-order chi connectivity index (χ1) is 9.92. The van der Waals surface area contributed by atoms with Gasteiger partial charge in [0.1, 0.15) is 12.6 Å². The fourth-order valence-corrected chi connectivity index (χ4v) is 2.05. The van der Waals surface area contributed by atoms with Crippen LogP contribution in [0.5, 0.6) is 0 Å². The zero-order chi connectivity index (χ0) is 15.6. The van der Waals surface area contributed by atoms with Crippen LogP contribution in [-0.4, -0.2) is 15.7 Å². The third-order valence-electron chi connectivity index (χ3n) is 3.10. The second-order valence-corrected chi connectivity index (χ2v) is 5.00. The summed E-state index contributed by atoms with van der Waals surface area (Å²) >= 11 is 5.84. The average Bonchev–Trinajstić information content (AvgIpc) is 2.68. The van der Waals surface area contributed by atoms with Crippen molar-refractivity contribution in [2.45, 2.75) is 20.4 Å². The molecule has 0 aliphatic heterocycles. The van der Waals surface area contributed by atoms with E-state index in [1.165, 1.54) is 6.07 Å². The van der Waals surface area contributed by atoms with Crippen LogP contribution in [-0.2, 0) is 11.3 Å². The van der Waals surface area contributed by atoms with E-state index in [4.69, 9.17) is 22.6 Å². The topological polar surface area (TPSA) is 96.7 Å². The van der Waals surface area contributed by atoms with E-state index >= 15 is 0 Å². The number of rotatable bonds is 3. The van der Waals surface area contributed by atoms with Crippen molar-refractivity contribution in [3.05, 3.63) is 40.2 Å². The molecule has 1 heterocycles. The van der Waals surface area contributed by atoms with E-state index in [0.717, 1.165) is 5.69 Å². The number of hydrogen-bond acceptors (Lipinski definition) is 4. The summed E-state index contributed by atoms with van der Waals surface area (Å²) in [6, 6.07) is 6.69. The number of benzene rings is 1. The van der Waals surface area contributed by atoms with Gasteiger partial charge in [-0.2, -0.15) is 10.4 Å². The summed E-state index contributed by atoms with van der Waals surface area (Å²) in [5.74, 6) is -0.258. The smallest absolute Gasteiger partial charge is 0.246 e. The van der Waals surface area contributed by atoms with Crippen LogP contribution in [0.1, 0.15) is 17.0 Å². The molecular formula is C14H14ClN5O. The van der Waals surface area contributed by atoms with Crippen LogP contribution in [0.15, 0.2) is 18.2 Å². The third-order valence-corrected chi connectivity index (χ3v) is 3.43. The van der Waals surface area contributed by atoms with Gasteiger partial charge in [0.05, 0.1) is 27.7 Å². The zero-order valence-corrected chi connectivity index (χ0v) is 12.4. The van der Waals surface area contributed by atoms with E-state index in [1.54, 1.807) is 30.7 Å². The van der Waals surface area contributed by atoms with Gasteiger partial charge in [-0.1, -0.05) is 11.6 Å². The summed E-state index contributed by atoms with van der Waals surface area (Å²) in [5.41, 5.74) is 8.66. The largest absolute Gasteiger partial charge is 0.396 e. The van der Waals surface area contributed by atoms with Crippen molar-refractivity contribution in [1.82, 2.24) is 9.78 Å². The molecule has 3 N–H and O–H groups in total. The molecule has 0 saturated heterocycles. The molecule has 1 aromatic heterocycles. The van der Waals surface area contributed by atoms with Gasteiger partial charge in [-0.3, -0.25) is 9.48 Å². The number of nitrogens with one attached hydrogen (secondary N) is 1. The molecule has 0 saturated carbocycles. The van der Waals surface area contributed by atoms with Crippen LogP contribution in [0.4, 0.5) is 11.4 Å². The van der Waals surface area contributed by atoms with Crippen molar-refractivity contribution in [2.75, 3.05) is 11.1 Å². The van der Waals surface area contributed by atoms with Crippen LogP contribution in [0.2, 0.25) is 5.02 Å². The van der Waals surface area contributed by atoms with Crippen molar-refractivity contribution in [3.8, 4) is 6.07 Å². The van der Waals surface area contributed by atoms with Gasteiger partial charge in [0.25, 0.3) is 0 Å². The Morgan fingerprint density at radius 2 is 2.24 bits per heavy atom. The van der Waals surface area contributed by atoms with Crippen LogP contribution >= 0.6 is 11.6 Å². The Bertz CT molecular complexity index is 745. The number of carbonyl (C=O) groups excluding carboxylic acids is 1. The molecule has 0 radical (unpaired) electrons. The van der Waals surface area contributed by atoms with Gasteiger partial charge in [0, 0.05) is 5.69 Å². The highest BCUT2D eigenvalue weighted by atomic mass is 35.5. The summed E-state index contributed by atoms with van der Waals surface area (Å²) < 4.78 is 1.54. The lowest BCUT2D eigenvalue weighted by Gasteiger charge is -2.07. The maximum atomic E-state index is 12.0. The van der Waals surface area contributed by atoms with E-state index in [-0.39, 0.29) is 12.5 Å². The highest BCUT2D eigenvalue weighted by molar-refractivity contribution is 6.31. The Balaban J connectivity index is 2.12. The first-order valence-electron chi connectivity index (χ1n) is 6.21. The average molecular weight is 304 g/mol. The standard InChI is InChI=1S/C14H14ClN5O/c1-8-14(17)9(2)20(19-8)7-13(21)18-11-3-4-12(15)10(5-11)6-16/h3-5H,7,17H2,1-2H3,(H,18,21). The minimum absolute atomic E-state index is 0.0500. The highest BCUT2D eigenvalue weighted by Gasteiger charge is 2.12. The monoisotopic (exact) mass is 303 g/mol. The molecule has 1 amide bonds. The van der Waals surface area contributed by atoms with Crippen molar-refractivity contribution in [1.29, 1.82) is 5.26 Å². The number of nitrogens with two attached hydrogens (primary N) is 1. The predicted octanol–water partition coefficient (Wildman–Crippen LogP) is 2.25. The zero-order valence-electron chi connectivity index (χ0n) is 11.6. The van der Waals surface area contributed by atoms with E-state index < -0.39 is 0 Å². The number of carbonyl (C=O) groups is 1. The van der Waals surface area contributed by atoms with Gasteiger partial charge in [-0.05, 0) is 32.0 Å². The lowest BCUT2D eigenvalue weighted by atomic mass is 10.2. The number of aromatic nitrogens is 2. The summed E-state index contributed by atoms with van der Waals surface area (Å²) in [5, 5.41) is 16.2. The van der Waals surface area contributed by atoms with Gasteiger partial charge in [0.2, 0.25) is 5.91 Å². The minimum Gasteiger partial charge on any atom is -0.396 e. The summed E-state index contributed by atoms with van der Waals surface area (Å²) in [7, 11) is 0. The number of aryl methyl sites for hydroxylation is 1. The molecule has 7 heteroatoms. The summed E-state index contributed by atoms with van der Waals surface area (Å²) in [6.45, 7) is 3.64. The summed E-state index contributed by atoms with van der Waals surface area (Å²) in [6.07, 6.45) is 0. The van der Waals surface area contributed by atoms with E-state index in [0.29, 0.717) is 27.7 Å². The normalized spacial score (nSPS) is 10.2. The van der Waals surface area contributed by atoms with Gasteiger partial charge in [-0.15, -0.1) is 0 Å². The second kappa shape index (κ2) is 5.85. The molecule has 0 atom stereocenters. The third kappa shape index (κ3) is 3.15. The fourth-order valence-electron chi connectivity index (χ4n) is 1.89. The first kappa shape index (κ1) is 14.9. The Morgan fingerprint density at radius 1 is 1.52 bits per heavy atom. The van der Waals surface area contributed by atoms with E-state index in [2.05, 4.69) is 10.4 Å². The molecular weight excluding hydrogens is 290 g/mol. The first-order valence-corrected chi connectivity index (χ1v) is 6.59. The molecule has 0 spiro atoms. The van der Waals surface area contributed by atoms with Crippen LogP contribution < -0.4 is 11.1 Å². The Labute approximate surface area is 127 Å². The number of halogens is 1. The van der Waals surface area contributed by atoms with Gasteiger partial charge in [-0.25, -0.2) is 0 Å². The van der Waals surface area contributed by atoms with Crippen LogP contribution in [0.25, 0.3) is 0 Å². The van der Waals surface area contributed by atoms with Gasteiger partial charge < -0.3 is 11.1 Å². The van der Waals surface area contributed by atoms with Crippen molar-refractivity contribution < 1.29 is 4.79 Å². The second-order valence-electron chi connectivity index (χ2n) is 4.60. The van der Waals surface area contributed by atoms with Gasteiger partial charge >= 0.3 is 0 Å². The number of nitrogen functional groups attached to an aromatic ring is 1. The predicted molar refractivity (Wildman–Crippen MR) is 80.9 cm³/mol. The molecule has 0 unspecified atom stereocenters.